The van der Waals surface area contributed by atoms with Crippen LogP contribution in [-0.2, 0) is 10.0 Å². The average molecular weight is 383 g/mol. The number of nitro groups is 1. The molecule has 2 aromatic carbocycles. The molecule has 0 unspecified atom stereocenters. The number of thioether (sulfide) groups is 1. The molecule has 7 nitrogen and oxygen atoms in total. The van der Waals surface area contributed by atoms with Crippen LogP contribution in [0.15, 0.2) is 56.7 Å². The quantitative estimate of drug-likeness (QED) is 0.458. The van der Waals surface area contributed by atoms with E-state index in [1.807, 2.05) is 0 Å². The lowest BCUT2D eigenvalue weighted by molar-refractivity contribution is -0.384. The fourth-order valence-corrected chi connectivity index (χ4v) is 4.88. The summed E-state index contributed by atoms with van der Waals surface area (Å²) in [5, 5.41) is 10.8. The van der Waals surface area contributed by atoms with Gasteiger partial charge in [-0.2, -0.15) is 8.42 Å². The molecule has 0 radical (unpaired) electrons. The second-order valence-electron chi connectivity index (χ2n) is 4.70. The van der Waals surface area contributed by atoms with Crippen LogP contribution in [0.1, 0.15) is 10.4 Å². The number of rotatable bonds is 3. The molecule has 24 heavy (non-hydrogen) atoms. The molecular formula is C14H7ClN2O5S2. The summed E-state index contributed by atoms with van der Waals surface area (Å²) in [6.45, 7) is 0. The molecule has 0 bridgehead atoms. The molecule has 0 saturated carbocycles. The maximum atomic E-state index is 12.5. The Balaban J connectivity index is 2.05. The molecule has 0 N–H and O–H groups in total. The van der Waals surface area contributed by atoms with Crippen LogP contribution >= 0.6 is 23.4 Å². The van der Waals surface area contributed by atoms with Gasteiger partial charge in [0.2, 0.25) is 5.78 Å². The summed E-state index contributed by atoms with van der Waals surface area (Å²) in [7, 11) is -4.03. The summed E-state index contributed by atoms with van der Waals surface area (Å²) < 4.78 is 27.9. The summed E-state index contributed by atoms with van der Waals surface area (Å²) in [5.41, 5.74) is -0.287. The Kier molecular flexibility index (Phi) is 4.16. The van der Waals surface area contributed by atoms with Crippen molar-refractivity contribution in [1.82, 2.24) is 0 Å². The first-order valence-electron chi connectivity index (χ1n) is 6.39. The topological polar surface area (TPSA) is 107 Å². The number of Topliss-reactive ketones (excluding diaryl/α,β-unsaturated/α-hetero) is 1. The number of sulfonamides is 1. The largest absolute Gasteiger partial charge is 0.286 e. The Hall–Kier alpha value is -2.23. The van der Waals surface area contributed by atoms with E-state index in [2.05, 4.69) is 4.40 Å². The minimum Gasteiger partial charge on any atom is -0.286 e. The molecule has 0 saturated heterocycles. The van der Waals surface area contributed by atoms with Crippen LogP contribution in [0, 0.1) is 10.1 Å². The van der Waals surface area contributed by atoms with Gasteiger partial charge < -0.3 is 0 Å². The van der Waals surface area contributed by atoms with Crippen molar-refractivity contribution in [2.75, 3.05) is 0 Å². The third kappa shape index (κ3) is 3.05. The van der Waals surface area contributed by atoms with E-state index < -0.39 is 20.7 Å². The number of hydrogen-bond donors (Lipinski definition) is 0. The highest BCUT2D eigenvalue weighted by atomic mass is 35.5. The minimum atomic E-state index is -4.03. The number of nitro benzene ring substituents is 1. The van der Waals surface area contributed by atoms with Gasteiger partial charge in [-0.05, 0) is 18.2 Å². The van der Waals surface area contributed by atoms with Gasteiger partial charge in [0.05, 0.1) is 4.92 Å². The highest BCUT2D eigenvalue weighted by molar-refractivity contribution is 8.17. The van der Waals surface area contributed by atoms with Crippen molar-refractivity contribution in [2.24, 2.45) is 4.40 Å². The summed E-state index contributed by atoms with van der Waals surface area (Å²) >= 11 is 6.72. The lowest BCUT2D eigenvalue weighted by Crippen LogP contribution is -2.17. The second-order valence-corrected chi connectivity index (χ2v) is 7.74. The molecule has 122 valence electrons. The van der Waals surface area contributed by atoms with Crippen LogP contribution in [0.3, 0.4) is 0 Å². The third-order valence-corrected chi connectivity index (χ3v) is 5.95. The molecule has 0 fully saturated rings. The number of hydrogen-bond acceptors (Lipinski definition) is 6. The van der Waals surface area contributed by atoms with E-state index in [0.717, 1.165) is 17.8 Å². The van der Waals surface area contributed by atoms with Crippen molar-refractivity contribution in [3.05, 3.63) is 63.2 Å². The molecule has 0 aliphatic carbocycles. The third-order valence-electron chi connectivity index (χ3n) is 3.11. The lowest BCUT2D eigenvalue weighted by Gasteiger charge is -2.14. The molecule has 0 aromatic heterocycles. The van der Waals surface area contributed by atoms with Gasteiger partial charge in [0.25, 0.3) is 15.7 Å². The first kappa shape index (κ1) is 16.6. The Labute approximate surface area is 145 Å². The van der Waals surface area contributed by atoms with Crippen LogP contribution in [0.2, 0.25) is 5.02 Å². The van der Waals surface area contributed by atoms with E-state index in [1.165, 1.54) is 36.4 Å². The predicted octanol–water partition coefficient (Wildman–Crippen LogP) is 3.32. The van der Waals surface area contributed by atoms with Crippen LogP contribution in [0.4, 0.5) is 5.69 Å². The average Bonchev–Trinajstić information content (AvgIpc) is 2.53. The molecule has 1 aliphatic rings. The molecular weight excluding hydrogens is 376 g/mol. The Bertz CT molecular complexity index is 1020. The smallest absolute Gasteiger partial charge is 0.284 e. The van der Waals surface area contributed by atoms with E-state index in [0.29, 0.717) is 5.02 Å². The molecule has 1 aliphatic heterocycles. The SMILES string of the molecule is O=C(C1=NS(=O)(=O)c2ccc(Cl)cc2S1)c1cccc([N+](=O)[O-])c1. The molecule has 2 aromatic rings. The van der Waals surface area contributed by atoms with E-state index >= 15 is 0 Å². The molecule has 10 heteroatoms. The van der Waals surface area contributed by atoms with Crippen LogP contribution < -0.4 is 0 Å². The fourth-order valence-electron chi connectivity index (χ4n) is 2.03. The van der Waals surface area contributed by atoms with Crippen molar-refractivity contribution in [2.45, 2.75) is 9.79 Å². The fraction of sp³-hybridized carbons (Fsp3) is 0. The highest BCUT2D eigenvalue weighted by Crippen LogP contribution is 2.36. The van der Waals surface area contributed by atoms with Crippen LogP contribution in [0.5, 0.6) is 0 Å². The predicted molar refractivity (Wildman–Crippen MR) is 89.4 cm³/mol. The van der Waals surface area contributed by atoms with Gasteiger partial charge in [0.1, 0.15) is 4.90 Å². The summed E-state index contributed by atoms with van der Waals surface area (Å²) in [5.74, 6) is -0.710. The lowest BCUT2D eigenvalue weighted by atomic mass is 10.1. The molecule has 0 atom stereocenters. The van der Waals surface area contributed by atoms with Crippen molar-refractivity contribution in [3.63, 3.8) is 0 Å². The van der Waals surface area contributed by atoms with Crippen LogP contribution in [0.25, 0.3) is 0 Å². The second kappa shape index (κ2) is 6.00. The van der Waals surface area contributed by atoms with Gasteiger partial charge in [-0.25, -0.2) is 0 Å². The molecule has 0 spiro atoms. The summed E-state index contributed by atoms with van der Waals surface area (Å²) in [6, 6.07) is 9.18. The number of carbonyl (C=O) groups is 1. The van der Waals surface area contributed by atoms with Gasteiger partial charge in [0, 0.05) is 27.6 Å². The highest BCUT2D eigenvalue weighted by Gasteiger charge is 2.30. The molecule has 1 heterocycles. The summed E-state index contributed by atoms with van der Waals surface area (Å²) in [6.07, 6.45) is 0. The van der Waals surface area contributed by atoms with Gasteiger partial charge in [0.15, 0.2) is 5.04 Å². The Morgan fingerprint density at radius 3 is 2.67 bits per heavy atom. The monoisotopic (exact) mass is 382 g/mol. The first-order valence-corrected chi connectivity index (χ1v) is 9.03. The minimum absolute atomic E-state index is 0.0175. The van der Waals surface area contributed by atoms with E-state index in [1.54, 1.807) is 0 Å². The van der Waals surface area contributed by atoms with E-state index in [4.69, 9.17) is 11.6 Å². The van der Waals surface area contributed by atoms with Crippen molar-refractivity contribution >= 4 is 49.9 Å². The number of fused-ring (bicyclic) bond motifs is 1. The maximum absolute atomic E-state index is 12.5. The number of nitrogens with zero attached hydrogens (tertiary/aromatic N) is 2. The van der Waals surface area contributed by atoms with Gasteiger partial charge in [-0.1, -0.05) is 35.5 Å². The molecule has 3 rings (SSSR count). The first-order chi connectivity index (χ1) is 11.3. The molecule has 0 amide bonds. The van der Waals surface area contributed by atoms with Gasteiger partial charge in [-0.15, -0.1) is 4.40 Å². The zero-order valence-electron chi connectivity index (χ0n) is 11.7. The van der Waals surface area contributed by atoms with E-state index in [9.17, 15) is 23.3 Å². The zero-order chi connectivity index (χ0) is 17.5. The van der Waals surface area contributed by atoms with Crippen molar-refractivity contribution in [1.29, 1.82) is 0 Å². The van der Waals surface area contributed by atoms with Crippen molar-refractivity contribution in [3.8, 4) is 0 Å². The Morgan fingerprint density at radius 2 is 1.96 bits per heavy atom. The zero-order valence-corrected chi connectivity index (χ0v) is 14.1. The summed E-state index contributed by atoms with van der Waals surface area (Å²) in [4.78, 5) is 22.9. The van der Waals surface area contributed by atoms with Crippen LogP contribution in [-0.4, -0.2) is 24.2 Å². The van der Waals surface area contributed by atoms with E-state index in [-0.39, 0.29) is 26.1 Å². The normalized spacial score (nSPS) is 15.3. The Morgan fingerprint density at radius 1 is 1.21 bits per heavy atom. The number of ketones is 1. The number of carbonyl (C=O) groups excluding carboxylic acids is 1. The number of benzene rings is 2. The maximum Gasteiger partial charge on any atom is 0.284 e. The van der Waals surface area contributed by atoms with Crippen molar-refractivity contribution < 1.29 is 18.1 Å². The van der Waals surface area contributed by atoms with Gasteiger partial charge >= 0.3 is 0 Å². The number of non-ortho nitro benzene ring substituents is 1. The standard InChI is InChI=1S/C14H7ClN2O5S2/c15-9-4-5-12-11(7-9)23-14(16-24(12,21)22)13(18)8-2-1-3-10(6-8)17(19)20/h1-7H. The van der Waals surface area contributed by atoms with Gasteiger partial charge in [-0.3, -0.25) is 14.9 Å². The number of halogens is 1.